The summed E-state index contributed by atoms with van der Waals surface area (Å²) in [6.07, 6.45) is 1.89. The molecule has 0 aliphatic rings. The first kappa shape index (κ1) is 13.3. The van der Waals surface area contributed by atoms with Gasteiger partial charge in [0.2, 0.25) is 0 Å². The maximum atomic E-state index is 5.51. The van der Waals surface area contributed by atoms with Gasteiger partial charge in [0.1, 0.15) is 16.7 Å². The number of aromatic nitrogens is 2. The molecule has 0 amide bonds. The molecule has 0 spiro atoms. The standard InChI is InChI=1S/C12H16N4S2/c1-3-5-9-14-11(16-13)8(2)12(15-9)18-10-6-4-7-17-10/h4,6-7H,3,5,13H2,1-2H3,(H,14,15,16). The number of anilines is 1. The molecule has 2 aromatic heterocycles. The van der Waals surface area contributed by atoms with E-state index in [2.05, 4.69) is 33.8 Å². The monoisotopic (exact) mass is 280 g/mol. The molecule has 2 rings (SSSR count). The molecule has 0 bridgehead atoms. The highest BCUT2D eigenvalue weighted by Crippen LogP contribution is 2.33. The summed E-state index contributed by atoms with van der Waals surface area (Å²) in [7, 11) is 0. The van der Waals surface area contributed by atoms with Gasteiger partial charge in [0.25, 0.3) is 0 Å². The summed E-state index contributed by atoms with van der Waals surface area (Å²) in [6, 6.07) is 4.13. The van der Waals surface area contributed by atoms with Crippen molar-refractivity contribution in [3.05, 3.63) is 28.9 Å². The Kier molecular flexibility index (Phi) is 4.57. The third-order valence-electron chi connectivity index (χ3n) is 2.45. The Bertz CT molecular complexity index is 511. The number of aryl methyl sites for hydroxylation is 1. The SMILES string of the molecule is CCCc1nc(NN)c(C)c(Sc2cccs2)n1. The fraction of sp³-hybridized carbons (Fsp3) is 0.333. The van der Waals surface area contributed by atoms with Gasteiger partial charge in [-0.05, 0) is 24.8 Å². The summed E-state index contributed by atoms with van der Waals surface area (Å²) >= 11 is 3.37. The maximum absolute atomic E-state index is 5.51. The van der Waals surface area contributed by atoms with E-state index in [1.807, 2.05) is 13.0 Å². The van der Waals surface area contributed by atoms with Crippen LogP contribution in [-0.4, -0.2) is 9.97 Å². The molecule has 18 heavy (non-hydrogen) atoms. The average Bonchev–Trinajstić information content (AvgIpc) is 2.86. The molecule has 3 N–H and O–H groups in total. The minimum Gasteiger partial charge on any atom is -0.308 e. The van der Waals surface area contributed by atoms with Crippen molar-refractivity contribution in [3.63, 3.8) is 0 Å². The van der Waals surface area contributed by atoms with Crippen LogP contribution >= 0.6 is 23.1 Å². The highest BCUT2D eigenvalue weighted by Gasteiger charge is 2.11. The van der Waals surface area contributed by atoms with Gasteiger partial charge in [-0.25, -0.2) is 15.8 Å². The second kappa shape index (κ2) is 6.17. The Morgan fingerprint density at radius 2 is 2.28 bits per heavy atom. The van der Waals surface area contributed by atoms with Crippen LogP contribution < -0.4 is 11.3 Å². The number of thiophene rings is 1. The minimum atomic E-state index is 0.715. The van der Waals surface area contributed by atoms with E-state index in [0.717, 1.165) is 29.3 Å². The first-order chi connectivity index (χ1) is 8.74. The summed E-state index contributed by atoms with van der Waals surface area (Å²) in [6.45, 7) is 4.10. The summed E-state index contributed by atoms with van der Waals surface area (Å²) in [5.74, 6) is 7.07. The summed E-state index contributed by atoms with van der Waals surface area (Å²) in [4.78, 5) is 9.02. The van der Waals surface area contributed by atoms with Gasteiger partial charge in [-0.2, -0.15) is 0 Å². The van der Waals surface area contributed by atoms with E-state index in [1.54, 1.807) is 23.1 Å². The van der Waals surface area contributed by atoms with Crippen LogP contribution in [0.2, 0.25) is 0 Å². The zero-order valence-corrected chi connectivity index (χ0v) is 12.1. The zero-order valence-electron chi connectivity index (χ0n) is 10.4. The van der Waals surface area contributed by atoms with Crippen molar-refractivity contribution in [1.82, 2.24) is 9.97 Å². The van der Waals surface area contributed by atoms with E-state index in [-0.39, 0.29) is 0 Å². The molecule has 0 aromatic carbocycles. The lowest BCUT2D eigenvalue weighted by atomic mass is 10.3. The zero-order chi connectivity index (χ0) is 13.0. The van der Waals surface area contributed by atoms with Gasteiger partial charge in [0.15, 0.2) is 0 Å². The predicted octanol–water partition coefficient (Wildman–Crippen LogP) is 3.24. The Morgan fingerprint density at radius 1 is 1.44 bits per heavy atom. The summed E-state index contributed by atoms with van der Waals surface area (Å²) in [5.41, 5.74) is 3.65. The van der Waals surface area contributed by atoms with Crippen LogP contribution in [0.3, 0.4) is 0 Å². The van der Waals surface area contributed by atoms with Crippen molar-refractivity contribution < 1.29 is 0 Å². The van der Waals surface area contributed by atoms with Crippen LogP contribution in [0.5, 0.6) is 0 Å². The minimum absolute atomic E-state index is 0.715. The molecule has 96 valence electrons. The van der Waals surface area contributed by atoms with Crippen LogP contribution in [-0.2, 0) is 6.42 Å². The maximum Gasteiger partial charge on any atom is 0.147 e. The number of nitrogen functional groups attached to an aromatic ring is 1. The third kappa shape index (κ3) is 3.01. The first-order valence-electron chi connectivity index (χ1n) is 5.80. The molecule has 0 atom stereocenters. The van der Waals surface area contributed by atoms with E-state index >= 15 is 0 Å². The number of hydrogen-bond donors (Lipinski definition) is 2. The number of nitrogens with two attached hydrogens (primary N) is 1. The number of hydrazine groups is 1. The Balaban J connectivity index is 2.34. The molecule has 6 heteroatoms. The summed E-state index contributed by atoms with van der Waals surface area (Å²) in [5, 5.41) is 3.04. The topological polar surface area (TPSA) is 63.8 Å². The van der Waals surface area contributed by atoms with Crippen molar-refractivity contribution in [3.8, 4) is 0 Å². The Morgan fingerprint density at radius 3 is 2.89 bits per heavy atom. The van der Waals surface area contributed by atoms with Gasteiger partial charge in [-0.3, -0.25) is 0 Å². The van der Waals surface area contributed by atoms with Crippen molar-refractivity contribution in [2.75, 3.05) is 5.43 Å². The van der Waals surface area contributed by atoms with Gasteiger partial charge < -0.3 is 5.43 Å². The molecular formula is C12H16N4S2. The Labute approximate surface area is 115 Å². The van der Waals surface area contributed by atoms with Crippen LogP contribution in [0.15, 0.2) is 26.7 Å². The fourth-order valence-electron chi connectivity index (χ4n) is 1.53. The highest BCUT2D eigenvalue weighted by molar-refractivity contribution is 8.01. The average molecular weight is 280 g/mol. The lowest BCUT2D eigenvalue weighted by Crippen LogP contribution is -2.13. The third-order valence-corrected chi connectivity index (χ3v) is 4.58. The molecule has 0 saturated heterocycles. The number of nitrogens with zero attached hydrogens (tertiary/aromatic N) is 2. The predicted molar refractivity (Wildman–Crippen MR) is 77.0 cm³/mol. The van der Waals surface area contributed by atoms with Crippen molar-refractivity contribution in [2.45, 2.75) is 35.9 Å². The van der Waals surface area contributed by atoms with Gasteiger partial charge in [-0.15, -0.1) is 11.3 Å². The molecule has 0 radical (unpaired) electrons. The van der Waals surface area contributed by atoms with Crippen molar-refractivity contribution >= 4 is 28.9 Å². The fourth-order valence-corrected chi connectivity index (χ4v) is 3.31. The van der Waals surface area contributed by atoms with Gasteiger partial charge in [-0.1, -0.05) is 24.8 Å². The van der Waals surface area contributed by atoms with E-state index < -0.39 is 0 Å². The van der Waals surface area contributed by atoms with Gasteiger partial charge in [0, 0.05) is 12.0 Å². The molecule has 4 nitrogen and oxygen atoms in total. The molecule has 0 aliphatic carbocycles. The van der Waals surface area contributed by atoms with Crippen LogP contribution in [0.1, 0.15) is 24.7 Å². The van der Waals surface area contributed by atoms with E-state index in [4.69, 9.17) is 5.84 Å². The number of nitrogens with one attached hydrogen (secondary N) is 1. The molecule has 0 unspecified atom stereocenters. The quantitative estimate of drug-likeness (QED) is 0.500. The van der Waals surface area contributed by atoms with E-state index in [9.17, 15) is 0 Å². The largest absolute Gasteiger partial charge is 0.308 e. The molecule has 0 saturated carbocycles. The lowest BCUT2D eigenvalue weighted by Gasteiger charge is -2.10. The van der Waals surface area contributed by atoms with Crippen molar-refractivity contribution in [1.29, 1.82) is 0 Å². The molecule has 2 heterocycles. The molecular weight excluding hydrogens is 264 g/mol. The normalized spacial score (nSPS) is 10.6. The van der Waals surface area contributed by atoms with Gasteiger partial charge >= 0.3 is 0 Å². The number of hydrogen-bond acceptors (Lipinski definition) is 6. The molecule has 2 aromatic rings. The second-order valence-electron chi connectivity index (χ2n) is 3.85. The van der Waals surface area contributed by atoms with Crippen molar-refractivity contribution in [2.24, 2.45) is 5.84 Å². The summed E-state index contributed by atoms with van der Waals surface area (Å²) < 4.78 is 1.22. The molecule has 0 aliphatic heterocycles. The van der Waals surface area contributed by atoms with Crippen LogP contribution in [0.25, 0.3) is 0 Å². The van der Waals surface area contributed by atoms with Crippen LogP contribution in [0, 0.1) is 6.92 Å². The smallest absolute Gasteiger partial charge is 0.147 e. The van der Waals surface area contributed by atoms with E-state index in [1.165, 1.54) is 4.21 Å². The van der Waals surface area contributed by atoms with Crippen LogP contribution in [0.4, 0.5) is 5.82 Å². The number of rotatable bonds is 5. The van der Waals surface area contributed by atoms with Gasteiger partial charge in [0.05, 0.1) is 4.21 Å². The lowest BCUT2D eigenvalue weighted by molar-refractivity contribution is 0.802. The van der Waals surface area contributed by atoms with E-state index in [0.29, 0.717) is 5.82 Å². The first-order valence-corrected chi connectivity index (χ1v) is 7.49. The second-order valence-corrected chi connectivity index (χ2v) is 6.08. The Hall–Kier alpha value is -1.11. The molecule has 0 fully saturated rings. The highest BCUT2D eigenvalue weighted by atomic mass is 32.2.